The van der Waals surface area contributed by atoms with Gasteiger partial charge in [0.1, 0.15) is 0 Å². The van der Waals surface area contributed by atoms with E-state index >= 15 is 0 Å². The van der Waals surface area contributed by atoms with Crippen LogP contribution in [0.3, 0.4) is 0 Å². The molecule has 114 valence electrons. The minimum atomic E-state index is -0.449. The largest absolute Gasteiger partial charge is 0.354 e. The molecule has 2 amide bonds. The Morgan fingerprint density at radius 3 is 2.57 bits per heavy atom. The average molecular weight is 289 g/mol. The third-order valence-corrected chi connectivity index (χ3v) is 3.56. The summed E-state index contributed by atoms with van der Waals surface area (Å²) in [6.45, 7) is 6.54. The first-order valence-corrected chi connectivity index (χ1v) is 7.20. The van der Waals surface area contributed by atoms with Crippen LogP contribution < -0.4 is 16.0 Å². The van der Waals surface area contributed by atoms with E-state index in [0.717, 1.165) is 11.3 Å². The van der Waals surface area contributed by atoms with Crippen molar-refractivity contribution in [3.05, 3.63) is 29.8 Å². The summed E-state index contributed by atoms with van der Waals surface area (Å²) in [5.41, 5.74) is 7.39. The van der Waals surface area contributed by atoms with Gasteiger partial charge in [-0.1, -0.05) is 17.7 Å². The number of amides is 2. The number of nitrogens with two attached hydrogens (primary N) is 1. The van der Waals surface area contributed by atoms with Crippen molar-refractivity contribution in [1.29, 1.82) is 0 Å². The standard InChI is InChI=1S/C16H23N3O2/c1-11-4-6-13(7-5-11)19-9-12(8-14(19)20)15(21)18-10-16(2,3)17/h4-7,12H,8-10,17H2,1-3H3,(H,18,21). The Hall–Kier alpha value is -1.88. The van der Waals surface area contributed by atoms with Gasteiger partial charge in [0.25, 0.3) is 0 Å². The fourth-order valence-corrected chi connectivity index (χ4v) is 2.32. The van der Waals surface area contributed by atoms with Crippen LogP contribution in [-0.4, -0.2) is 30.4 Å². The predicted octanol–water partition coefficient (Wildman–Crippen LogP) is 1.20. The van der Waals surface area contributed by atoms with Crippen LogP contribution in [-0.2, 0) is 9.59 Å². The molecule has 1 atom stereocenters. The minimum Gasteiger partial charge on any atom is -0.354 e. The predicted molar refractivity (Wildman–Crippen MR) is 82.9 cm³/mol. The topological polar surface area (TPSA) is 75.4 Å². The SMILES string of the molecule is Cc1ccc(N2CC(C(=O)NCC(C)(C)N)CC2=O)cc1. The maximum absolute atomic E-state index is 12.1. The molecule has 1 aromatic carbocycles. The first kappa shape index (κ1) is 15.5. The quantitative estimate of drug-likeness (QED) is 0.874. The van der Waals surface area contributed by atoms with Crippen molar-refractivity contribution < 1.29 is 9.59 Å². The van der Waals surface area contributed by atoms with Crippen LogP contribution in [0.15, 0.2) is 24.3 Å². The summed E-state index contributed by atoms with van der Waals surface area (Å²) < 4.78 is 0. The zero-order valence-corrected chi connectivity index (χ0v) is 12.8. The van der Waals surface area contributed by atoms with E-state index < -0.39 is 5.54 Å². The van der Waals surface area contributed by atoms with E-state index in [1.807, 2.05) is 45.0 Å². The van der Waals surface area contributed by atoms with Crippen molar-refractivity contribution >= 4 is 17.5 Å². The van der Waals surface area contributed by atoms with Gasteiger partial charge in [-0.25, -0.2) is 0 Å². The Kier molecular flexibility index (Phi) is 4.32. The fraction of sp³-hybridized carbons (Fsp3) is 0.500. The minimum absolute atomic E-state index is 0.00832. The van der Waals surface area contributed by atoms with Crippen LogP contribution in [0.25, 0.3) is 0 Å². The van der Waals surface area contributed by atoms with Gasteiger partial charge in [-0.15, -0.1) is 0 Å². The third-order valence-electron chi connectivity index (χ3n) is 3.56. The van der Waals surface area contributed by atoms with Gasteiger partial charge in [-0.3, -0.25) is 9.59 Å². The number of carbonyl (C=O) groups is 2. The van der Waals surface area contributed by atoms with Crippen molar-refractivity contribution in [3.8, 4) is 0 Å². The van der Waals surface area contributed by atoms with Gasteiger partial charge in [0.05, 0.1) is 5.92 Å². The Balaban J connectivity index is 1.99. The van der Waals surface area contributed by atoms with Crippen LogP contribution in [0, 0.1) is 12.8 Å². The number of hydrogen-bond acceptors (Lipinski definition) is 3. The molecule has 5 nitrogen and oxygen atoms in total. The van der Waals surface area contributed by atoms with Gasteiger partial charge in [-0.05, 0) is 32.9 Å². The summed E-state index contributed by atoms with van der Waals surface area (Å²) in [4.78, 5) is 25.9. The summed E-state index contributed by atoms with van der Waals surface area (Å²) in [6, 6.07) is 7.76. The summed E-state index contributed by atoms with van der Waals surface area (Å²) >= 11 is 0. The highest BCUT2D eigenvalue weighted by Crippen LogP contribution is 2.25. The van der Waals surface area contributed by atoms with Gasteiger partial charge in [0.15, 0.2) is 0 Å². The van der Waals surface area contributed by atoms with Gasteiger partial charge in [0, 0.05) is 30.7 Å². The van der Waals surface area contributed by atoms with Crippen LogP contribution in [0.5, 0.6) is 0 Å². The van der Waals surface area contributed by atoms with Crippen molar-refractivity contribution in [2.75, 3.05) is 18.0 Å². The molecule has 1 aliphatic rings. The zero-order chi connectivity index (χ0) is 15.6. The van der Waals surface area contributed by atoms with Crippen LogP contribution in [0.1, 0.15) is 25.8 Å². The number of hydrogen-bond donors (Lipinski definition) is 2. The maximum atomic E-state index is 12.1. The number of nitrogens with one attached hydrogen (secondary N) is 1. The molecule has 1 aromatic rings. The highest BCUT2D eigenvalue weighted by Gasteiger charge is 2.35. The number of carbonyl (C=O) groups excluding carboxylic acids is 2. The van der Waals surface area contributed by atoms with Gasteiger partial charge in [0.2, 0.25) is 11.8 Å². The Morgan fingerprint density at radius 1 is 1.38 bits per heavy atom. The molecule has 1 saturated heterocycles. The van der Waals surface area contributed by atoms with E-state index in [2.05, 4.69) is 5.32 Å². The molecule has 0 radical (unpaired) electrons. The molecule has 0 saturated carbocycles. The molecule has 1 unspecified atom stereocenters. The zero-order valence-electron chi connectivity index (χ0n) is 12.8. The maximum Gasteiger partial charge on any atom is 0.227 e. The lowest BCUT2D eigenvalue weighted by Crippen LogP contribution is -2.46. The van der Waals surface area contributed by atoms with Crippen molar-refractivity contribution in [2.24, 2.45) is 11.7 Å². The lowest BCUT2D eigenvalue weighted by molar-refractivity contribution is -0.126. The van der Waals surface area contributed by atoms with E-state index in [0.29, 0.717) is 13.1 Å². The second-order valence-electron chi connectivity index (χ2n) is 6.45. The summed E-state index contributed by atoms with van der Waals surface area (Å²) in [5, 5.41) is 2.82. The van der Waals surface area contributed by atoms with Crippen LogP contribution in [0.4, 0.5) is 5.69 Å². The third kappa shape index (κ3) is 4.04. The lowest BCUT2D eigenvalue weighted by atomic mass is 10.1. The molecule has 5 heteroatoms. The molecular weight excluding hydrogens is 266 g/mol. The Labute approximate surface area is 125 Å². The smallest absolute Gasteiger partial charge is 0.227 e. The van der Waals surface area contributed by atoms with Crippen LogP contribution >= 0.6 is 0 Å². The van der Waals surface area contributed by atoms with E-state index in [-0.39, 0.29) is 24.2 Å². The molecule has 1 fully saturated rings. The Bertz CT molecular complexity index is 531. The molecule has 1 heterocycles. The molecule has 0 aliphatic carbocycles. The lowest BCUT2D eigenvalue weighted by Gasteiger charge is -2.21. The molecule has 21 heavy (non-hydrogen) atoms. The highest BCUT2D eigenvalue weighted by molar-refractivity contribution is 6.00. The van der Waals surface area contributed by atoms with E-state index in [9.17, 15) is 9.59 Å². The number of anilines is 1. The molecule has 2 rings (SSSR count). The second-order valence-corrected chi connectivity index (χ2v) is 6.45. The molecule has 0 bridgehead atoms. The van der Waals surface area contributed by atoms with Gasteiger partial charge < -0.3 is 16.0 Å². The van der Waals surface area contributed by atoms with E-state index in [1.54, 1.807) is 4.90 Å². The van der Waals surface area contributed by atoms with E-state index in [1.165, 1.54) is 0 Å². The first-order chi connectivity index (χ1) is 9.76. The normalized spacial score (nSPS) is 19.0. The summed E-state index contributed by atoms with van der Waals surface area (Å²) in [6.07, 6.45) is 0.255. The first-order valence-electron chi connectivity index (χ1n) is 7.20. The van der Waals surface area contributed by atoms with E-state index in [4.69, 9.17) is 5.73 Å². The molecule has 3 N–H and O–H groups in total. The molecule has 0 spiro atoms. The summed E-state index contributed by atoms with van der Waals surface area (Å²) in [5.74, 6) is -0.413. The average Bonchev–Trinajstić information content (AvgIpc) is 2.78. The van der Waals surface area contributed by atoms with Gasteiger partial charge >= 0.3 is 0 Å². The number of benzene rings is 1. The number of aryl methyl sites for hydroxylation is 1. The number of nitrogens with zero attached hydrogens (tertiary/aromatic N) is 1. The Morgan fingerprint density at radius 2 is 2.00 bits per heavy atom. The summed E-state index contributed by atoms with van der Waals surface area (Å²) in [7, 11) is 0. The molecule has 0 aromatic heterocycles. The highest BCUT2D eigenvalue weighted by atomic mass is 16.2. The number of rotatable bonds is 4. The van der Waals surface area contributed by atoms with Crippen molar-refractivity contribution in [3.63, 3.8) is 0 Å². The van der Waals surface area contributed by atoms with Crippen molar-refractivity contribution in [2.45, 2.75) is 32.7 Å². The van der Waals surface area contributed by atoms with Gasteiger partial charge in [-0.2, -0.15) is 0 Å². The molecule has 1 aliphatic heterocycles. The second kappa shape index (κ2) is 5.85. The monoisotopic (exact) mass is 289 g/mol. The molecular formula is C16H23N3O2. The van der Waals surface area contributed by atoms with Crippen molar-refractivity contribution in [1.82, 2.24) is 5.32 Å². The fourth-order valence-electron chi connectivity index (χ4n) is 2.32. The van der Waals surface area contributed by atoms with Crippen LogP contribution in [0.2, 0.25) is 0 Å².